The van der Waals surface area contributed by atoms with E-state index in [2.05, 4.69) is 5.32 Å². The number of nitrogens with zero attached hydrogens (tertiary/aromatic N) is 1. The lowest BCUT2D eigenvalue weighted by Crippen LogP contribution is -2.50. The Morgan fingerprint density at radius 1 is 1.12 bits per heavy atom. The molecule has 0 radical (unpaired) electrons. The standard InChI is InChI=1S/C27H39N3O4/c1-27(2,3)33-26(32)29-24(17-20-10-5-4-6-11-20)25(31)19-30(34-23-14-7-8-15-23)18-21-12-9-13-22(28)16-21/h4-6,9-13,16,23-25,31H,7-8,14-15,17-19,28H2,1-3H3,(H,29,32)/t24-,25+/m0/s1. The number of carbonyl (C=O) groups excluding carboxylic acids is 1. The number of hydrogen-bond donors (Lipinski definition) is 3. The highest BCUT2D eigenvalue weighted by molar-refractivity contribution is 5.68. The van der Waals surface area contributed by atoms with Crippen LogP contribution in [0.25, 0.3) is 0 Å². The summed E-state index contributed by atoms with van der Waals surface area (Å²) in [6, 6.07) is 16.9. The summed E-state index contributed by atoms with van der Waals surface area (Å²) in [6.07, 6.45) is 3.49. The Hall–Kier alpha value is -2.61. The van der Waals surface area contributed by atoms with Crippen LogP contribution in [0.15, 0.2) is 54.6 Å². The quantitative estimate of drug-likeness (QED) is 0.352. The molecule has 1 fully saturated rings. The maximum atomic E-state index is 12.6. The third kappa shape index (κ3) is 8.97. The Morgan fingerprint density at radius 3 is 2.44 bits per heavy atom. The van der Waals surface area contributed by atoms with E-state index in [-0.39, 0.29) is 12.6 Å². The summed E-state index contributed by atoms with van der Waals surface area (Å²) in [5.74, 6) is 0. The number of benzene rings is 2. The minimum Gasteiger partial charge on any atom is -0.444 e. The summed E-state index contributed by atoms with van der Waals surface area (Å²) >= 11 is 0. The smallest absolute Gasteiger partial charge is 0.407 e. The van der Waals surface area contributed by atoms with Gasteiger partial charge in [0.15, 0.2) is 0 Å². The van der Waals surface area contributed by atoms with Crippen LogP contribution in [0.4, 0.5) is 10.5 Å². The summed E-state index contributed by atoms with van der Waals surface area (Å²) in [5, 5.41) is 16.0. The first kappa shape index (κ1) is 26.0. The molecule has 34 heavy (non-hydrogen) atoms. The fourth-order valence-corrected chi connectivity index (χ4v) is 4.19. The van der Waals surface area contributed by atoms with E-state index in [1.807, 2.05) is 80.4 Å². The highest BCUT2D eigenvalue weighted by Crippen LogP contribution is 2.23. The predicted molar refractivity (Wildman–Crippen MR) is 134 cm³/mol. The molecular formula is C27H39N3O4. The second-order valence-corrected chi connectivity index (χ2v) is 10.1. The highest BCUT2D eigenvalue weighted by atomic mass is 16.7. The Morgan fingerprint density at radius 2 is 1.79 bits per heavy atom. The topological polar surface area (TPSA) is 97.1 Å². The number of ether oxygens (including phenoxy) is 1. The SMILES string of the molecule is CC(C)(C)OC(=O)N[C@@H](Cc1ccccc1)[C@H](O)CN(Cc1cccc(N)c1)OC1CCCC1. The molecule has 7 nitrogen and oxygen atoms in total. The molecule has 1 aliphatic rings. The molecule has 3 rings (SSSR count). The van der Waals surface area contributed by atoms with Crippen molar-refractivity contribution in [2.75, 3.05) is 12.3 Å². The molecule has 1 amide bonds. The second-order valence-electron chi connectivity index (χ2n) is 10.1. The molecule has 0 aromatic heterocycles. The second kappa shape index (κ2) is 12.2. The minimum absolute atomic E-state index is 0.139. The van der Waals surface area contributed by atoms with Crippen molar-refractivity contribution < 1.29 is 19.5 Å². The van der Waals surface area contributed by atoms with Gasteiger partial charge >= 0.3 is 6.09 Å². The number of hydrogen-bond acceptors (Lipinski definition) is 6. The lowest BCUT2D eigenvalue weighted by molar-refractivity contribution is -0.214. The largest absolute Gasteiger partial charge is 0.444 e. The number of hydroxylamine groups is 2. The number of nitrogens with two attached hydrogens (primary N) is 1. The predicted octanol–water partition coefficient (Wildman–Crippen LogP) is 4.44. The van der Waals surface area contributed by atoms with Gasteiger partial charge in [0, 0.05) is 12.2 Å². The summed E-state index contributed by atoms with van der Waals surface area (Å²) in [4.78, 5) is 18.9. The van der Waals surface area contributed by atoms with Gasteiger partial charge in [-0.15, -0.1) is 0 Å². The average molecular weight is 470 g/mol. The maximum absolute atomic E-state index is 12.6. The van der Waals surface area contributed by atoms with Gasteiger partial charge in [0.25, 0.3) is 0 Å². The van der Waals surface area contributed by atoms with Crippen LogP contribution in [0, 0.1) is 0 Å². The fraction of sp³-hybridized carbons (Fsp3) is 0.519. The van der Waals surface area contributed by atoms with Crippen molar-refractivity contribution in [2.45, 2.75) is 83.3 Å². The van der Waals surface area contributed by atoms with Gasteiger partial charge in [-0.25, -0.2) is 4.79 Å². The van der Waals surface area contributed by atoms with Crippen LogP contribution in [0.3, 0.4) is 0 Å². The van der Waals surface area contributed by atoms with Crippen molar-refractivity contribution in [1.82, 2.24) is 10.4 Å². The molecule has 0 aliphatic heterocycles. The summed E-state index contributed by atoms with van der Waals surface area (Å²) in [5.41, 5.74) is 8.05. The van der Waals surface area contributed by atoms with E-state index >= 15 is 0 Å². The van der Waals surface area contributed by atoms with Gasteiger partial charge in [0.05, 0.1) is 24.8 Å². The molecule has 0 unspecified atom stereocenters. The average Bonchev–Trinajstić information content (AvgIpc) is 3.25. The van der Waals surface area contributed by atoms with E-state index in [0.717, 1.165) is 36.8 Å². The molecule has 0 saturated heterocycles. The molecule has 1 saturated carbocycles. The third-order valence-corrected chi connectivity index (χ3v) is 5.77. The van der Waals surface area contributed by atoms with E-state index in [9.17, 15) is 9.90 Å². The maximum Gasteiger partial charge on any atom is 0.407 e. The van der Waals surface area contributed by atoms with Crippen LogP contribution >= 0.6 is 0 Å². The van der Waals surface area contributed by atoms with Gasteiger partial charge in [0.1, 0.15) is 5.60 Å². The van der Waals surface area contributed by atoms with Gasteiger partial charge in [-0.05, 0) is 63.3 Å². The van der Waals surface area contributed by atoms with Gasteiger partial charge in [-0.2, -0.15) is 5.06 Å². The van der Waals surface area contributed by atoms with Gasteiger partial charge < -0.3 is 20.9 Å². The minimum atomic E-state index is -0.879. The number of nitrogens with one attached hydrogen (secondary N) is 1. The first-order valence-electron chi connectivity index (χ1n) is 12.2. The summed E-state index contributed by atoms with van der Waals surface area (Å²) in [7, 11) is 0. The van der Waals surface area contributed by atoms with Crippen LogP contribution in [0.2, 0.25) is 0 Å². The first-order chi connectivity index (χ1) is 16.2. The molecule has 1 aliphatic carbocycles. The van der Waals surface area contributed by atoms with Gasteiger partial charge in [-0.1, -0.05) is 55.3 Å². The normalized spacial score (nSPS) is 16.4. The molecule has 2 aromatic carbocycles. The van der Waals surface area contributed by atoms with Crippen LogP contribution in [0.5, 0.6) is 0 Å². The number of aliphatic hydroxyl groups is 1. The van der Waals surface area contributed by atoms with Crippen LogP contribution in [0.1, 0.15) is 57.6 Å². The molecule has 0 heterocycles. The number of carbonyl (C=O) groups is 1. The van der Waals surface area contributed by atoms with Crippen molar-refractivity contribution in [1.29, 1.82) is 0 Å². The molecule has 2 atom stereocenters. The number of amides is 1. The number of aliphatic hydroxyl groups excluding tert-OH is 1. The van der Waals surface area contributed by atoms with Crippen molar-refractivity contribution in [2.24, 2.45) is 0 Å². The van der Waals surface area contributed by atoms with E-state index in [4.69, 9.17) is 15.3 Å². The zero-order chi connectivity index (χ0) is 24.6. The van der Waals surface area contributed by atoms with Gasteiger partial charge in [-0.3, -0.25) is 4.84 Å². The fourth-order valence-electron chi connectivity index (χ4n) is 4.19. The molecule has 4 N–H and O–H groups in total. The van der Waals surface area contributed by atoms with E-state index in [1.165, 1.54) is 0 Å². The Balaban J connectivity index is 1.74. The zero-order valence-electron chi connectivity index (χ0n) is 20.6. The summed E-state index contributed by atoms with van der Waals surface area (Å²) in [6.45, 7) is 6.18. The Kier molecular flexibility index (Phi) is 9.33. The first-order valence-corrected chi connectivity index (χ1v) is 12.2. The lowest BCUT2D eigenvalue weighted by Gasteiger charge is -2.32. The van der Waals surface area contributed by atoms with Crippen molar-refractivity contribution in [3.8, 4) is 0 Å². The van der Waals surface area contributed by atoms with Crippen molar-refractivity contribution >= 4 is 11.8 Å². The van der Waals surface area contributed by atoms with Crippen LogP contribution < -0.4 is 11.1 Å². The number of anilines is 1. The van der Waals surface area contributed by atoms with Crippen LogP contribution in [-0.2, 0) is 22.5 Å². The third-order valence-electron chi connectivity index (χ3n) is 5.77. The lowest BCUT2D eigenvalue weighted by atomic mass is 10.0. The molecule has 0 bridgehead atoms. The molecule has 0 spiro atoms. The number of nitrogen functional groups attached to an aromatic ring is 1. The van der Waals surface area contributed by atoms with Crippen LogP contribution in [-0.4, -0.2) is 46.7 Å². The molecule has 2 aromatic rings. The Labute approximate surface area is 203 Å². The Bertz CT molecular complexity index is 894. The highest BCUT2D eigenvalue weighted by Gasteiger charge is 2.28. The monoisotopic (exact) mass is 469 g/mol. The van der Waals surface area contributed by atoms with E-state index in [0.29, 0.717) is 18.7 Å². The molecular weight excluding hydrogens is 430 g/mol. The number of rotatable bonds is 10. The molecule has 7 heteroatoms. The number of alkyl carbamates (subject to hydrolysis) is 1. The zero-order valence-corrected chi connectivity index (χ0v) is 20.6. The van der Waals surface area contributed by atoms with Crippen molar-refractivity contribution in [3.63, 3.8) is 0 Å². The van der Waals surface area contributed by atoms with E-state index in [1.54, 1.807) is 0 Å². The van der Waals surface area contributed by atoms with Gasteiger partial charge in [0.2, 0.25) is 0 Å². The molecule has 186 valence electrons. The summed E-state index contributed by atoms with van der Waals surface area (Å²) < 4.78 is 5.46. The van der Waals surface area contributed by atoms with E-state index < -0.39 is 23.8 Å². The van der Waals surface area contributed by atoms with Crippen molar-refractivity contribution in [3.05, 3.63) is 65.7 Å².